The third-order valence-corrected chi connectivity index (χ3v) is 3.89. The lowest BCUT2D eigenvalue weighted by Gasteiger charge is -2.11. The molecule has 0 heterocycles. The minimum Gasteiger partial charge on any atom is -0.0732 e. The zero-order chi connectivity index (χ0) is 12.7. The molecule has 0 aromatic heterocycles. The summed E-state index contributed by atoms with van der Waals surface area (Å²) in [5, 5.41) is 5.31. The Morgan fingerprint density at radius 1 is 0.632 bits per heavy atom. The molecule has 0 N–H and O–H groups in total. The van der Waals surface area contributed by atoms with Gasteiger partial charge in [-0.1, -0.05) is 66.8 Å². The van der Waals surface area contributed by atoms with Crippen LogP contribution in [0.2, 0.25) is 0 Å². The normalized spacial score (nSPS) is 14.7. The molecule has 1 aliphatic rings. The molecular weight excluding hydrogens is 228 g/mol. The summed E-state index contributed by atoms with van der Waals surface area (Å²) in [7, 11) is 0. The van der Waals surface area contributed by atoms with Gasteiger partial charge in [0.1, 0.15) is 0 Å². The van der Waals surface area contributed by atoms with Crippen molar-refractivity contribution < 1.29 is 0 Å². The molecule has 0 saturated heterocycles. The van der Waals surface area contributed by atoms with Crippen LogP contribution in [0.5, 0.6) is 0 Å². The summed E-state index contributed by atoms with van der Waals surface area (Å²) in [6.45, 7) is 0. The van der Waals surface area contributed by atoms with Gasteiger partial charge >= 0.3 is 0 Å². The van der Waals surface area contributed by atoms with Crippen molar-refractivity contribution in [2.24, 2.45) is 0 Å². The number of hydrogen-bond acceptors (Lipinski definition) is 0. The van der Waals surface area contributed by atoms with E-state index >= 15 is 0 Å². The molecule has 0 heteroatoms. The number of fused-ring (bicyclic) bond motifs is 2. The lowest BCUT2D eigenvalue weighted by Crippen LogP contribution is -1.91. The summed E-state index contributed by atoms with van der Waals surface area (Å²) in [4.78, 5) is 0. The third-order valence-electron chi connectivity index (χ3n) is 3.89. The Hall–Kier alpha value is -2.34. The smallest absolute Gasteiger partial charge is 0.0211 e. The zero-order valence-electron chi connectivity index (χ0n) is 10.6. The maximum atomic E-state index is 2.32. The minimum atomic E-state index is 0.421. The molecule has 1 aliphatic carbocycles. The molecule has 0 amide bonds. The van der Waals surface area contributed by atoms with Gasteiger partial charge in [-0.3, -0.25) is 0 Å². The first-order valence-corrected chi connectivity index (χ1v) is 6.68. The highest BCUT2D eigenvalue weighted by atomic mass is 14.1. The Morgan fingerprint density at radius 3 is 2.11 bits per heavy atom. The van der Waals surface area contributed by atoms with Gasteiger partial charge in [0.2, 0.25) is 0 Å². The van der Waals surface area contributed by atoms with Crippen LogP contribution in [0.1, 0.15) is 11.5 Å². The van der Waals surface area contributed by atoms with Gasteiger partial charge in [-0.05, 0) is 39.2 Å². The van der Waals surface area contributed by atoms with Crippen LogP contribution in [0.3, 0.4) is 0 Å². The fourth-order valence-corrected chi connectivity index (χ4v) is 2.92. The van der Waals surface area contributed by atoms with E-state index in [1.54, 1.807) is 0 Å². The maximum absolute atomic E-state index is 2.32. The first-order chi connectivity index (χ1) is 9.42. The Morgan fingerprint density at radius 2 is 1.32 bits per heavy atom. The molecule has 0 atom stereocenters. The van der Waals surface area contributed by atoms with E-state index in [9.17, 15) is 0 Å². The average molecular weight is 242 g/mol. The molecular formula is C19H14. The van der Waals surface area contributed by atoms with Crippen molar-refractivity contribution in [1.29, 1.82) is 0 Å². The third kappa shape index (κ3) is 1.68. The summed E-state index contributed by atoms with van der Waals surface area (Å²) in [5.74, 6) is 0.421. The summed E-state index contributed by atoms with van der Waals surface area (Å²) in [5.41, 5.74) is 1.40. The van der Waals surface area contributed by atoms with Gasteiger partial charge in [0, 0.05) is 5.92 Å². The predicted molar refractivity (Wildman–Crippen MR) is 82.5 cm³/mol. The van der Waals surface area contributed by atoms with E-state index in [1.807, 2.05) is 0 Å². The molecule has 90 valence electrons. The first-order valence-electron chi connectivity index (χ1n) is 6.68. The monoisotopic (exact) mass is 242 g/mol. The van der Waals surface area contributed by atoms with E-state index < -0.39 is 0 Å². The Bertz CT molecular complexity index is 810. The SMILES string of the molecule is C1=CC(c2cccc3cc4ccccc4cc23)C=C1. The van der Waals surface area contributed by atoms with Gasteiger partial charge in [-0.2, -0.15) is 0 Å². The minimum absolute atomic E-state index is 0.421. The van der Waals surface area contributed by atoms with E-state index in [2.05, 4.69) is 78.9 Å². The quantitative estimate of drug-likeness (QED) is 0.514. The fraction of sp³-hybridized carbons (Fsp3) is 0.0526. The van der Waals surface area contributed by atoms with Gasteiger partial charge in [0.25, 0.3) is 0 Å². The van der Waals surface area contributed by atoms with Gasteiger partial charge < -0.3 is 0 Å². The van der Waals surface area contributed by atoms with E-state index in [0.29, 0.717) is 5.92 Å². The van der Waals surface area contributed by atoms with Crippen molar-refractivity contribution in [2.45, 2.75) is 5.92 Å². The summed E-state index contributed by atoms with van der Waals surface area (Å²) in [6, 6.07) is 19.8. The van der Waals surface area contributed by atoms with E-state index in [0.717, 1.165) is 0 Å². The molecule has 4 rings (SSSR count). The fourth-order valence-electron chi connectivity index (χ4n) is 2.92. The van der Waals surface area contributed by atoms with E-state index in [1.165, 1.54) is 27.1 Å². The molecule has 0 spiro atoms. The Kier molecular flexibility index (Phi) is 2.28. The summed E-state index contributed by atoms with van der Waals surface area (Å²) in [6.07, 6.45) is 8.77. The second kappa shape index (κ2) is 4.10. The highest BCUT2D eigenvalue weighted by molar-refractivity contribution is 6.00. The van der Waals surface area contributed by atoms with Crippen LogP contribution in [0, 0.1) is 0 Å². The Balaban J connectivity index is 2.06. The molecule has 0 bridgehead atoms. The molecule has 0 fully saturated rings. The van der Waals surface area contributed by atoms with E-state index in [-0.39, 0.29) is 0 Å². The zero-order valence-corrected chi connectivity index (χ0v) is 10.6. The molecule has 0 radical (unpaired) electrons. The lowest BCUT2D eigenvalue weighted by atomic mass is 9.93. The molecule has 0 nitrogen and oxygen atoms in total. The standard InChI is InChI=1S/C19H14/c1-2-7-14(6-1)18-11-5-10-17-12-15-8-3-4-9-16(15)13-19(17)18/h1-14H. The second-order valence-corrected chi connectivity index (χ2v) is 5.06. The molecule has 19 heavy (non-hydrogen) atoms. The number of rotatable bonds is 1. The van der Waals surface area contributed by atoms with Gasteiger partial charge in [0.15, 0.2) is 0 Å². The van der Waals surface area contributed by atoms with Crippen molar-refractivity contribution in [3.63, 3.8) is 0 Å². The van der Waals surface area contributed by atoms with Crippen LogP contribution in [0.25, 0.3) is 21.5 Å². The van der Waals surface area contributed by atoms with Crippen LogP contribution >= 0.6 is 0 Å². The van der Waals surface area contributed by atoms with Crippen molar-refractivity contribution in [1.82, 2.24) is 0 Å². The van der Waals surface area contributed by atoms with Gasteiger partial charge in [0.05, 0.1) is 0 Å². The lowest BCUT2D eigenvalue weighted by molar-refractivity contribution is 1.12. The number of allylic oxidation sites excluding steroid dienone is 4. The highest BCUT2D eigenvalue weighted by Gasteiger charge is 2.11. The molecule has 3 aromatic carbocycles. The van der Waals surface area contributed by atoms with Crippen molar-refractivity contribution >= 4 is 21.5 Å². The van der Waals surface area contributed by atoms with E-state index in [4.69, 9.17) is 0 Å². The second-order valence-electron chi connectivity index (χ2n) is 5.06. The van der Waals surface area contributed by atoms with Crippen LogP contribution in [-0.4, -0.2) is 0 Å². The van der Waals surface area contributed by atoms with Gasteiger partial charge in [-0.25, -0.2) is 0 Å². The van der Waals surface area contributed by atoms with Crippen LogP contribution in [-0.2, 0) is 0 Å². The maximum Gasteiger partial charge on any atom is 0.0211 e. The first kappa shape index (κ1) is 10.6. The summed E-state index contributed by atoms with van der Waals surface area (Å²) < 4.78 is 0. The van der Waals surface area contributed by atoms with Crippen molar-refractivity contribution in [3.8, 4) is 0 Å². The van der Waals surface area contributed by atoms with Crippen molar-refractivity contribution in [2.75, 3.05) is 0 Å². The number of hydrogen-bond donors (Lipinski definition) is 0. The summed E-state index contributed by atoms with van der Waals surface area (Å²) >= 11 is 0. The van der Waals surface area contributed by atoms with Crippen molar-refractivity contribution in [3.05, 3.63) is 84.5 Å². The molecule has 3 aromatic rings. The van der Waals surface area contributed by atoms with Crippen LogP contribution in [0.4, 0.5) is 0 Å². The molecule has 0 unspecified atom stereocenters. The Labute approximate surface area is 112 Å². The largest absolute Gasteiger partial charge is 0.0732 e. The van der Waals surface area contributed by atoms with Crippen LogP contribution in [0.15, 0.2) is 78.9 Å². The predicted octanol–water partition coefficient (Wildman–Crippen LogP) is 5.20. The topological polar surface area (TPSA) is 0 Å². The average Bonchev–Trinajstić information content (AvgIpc) is 2.98. The van der Waals surface area contributed by atoms with Crippen LogP contribution < -0.4 is 0 Å². The number of benzene rings is 3. The highest BCUT2D eigenvalue weighted by Crippen LogP contribution is 2.32. The van der Waals surface area contributed by atoms with Gasteiger partial charge in [-0.15, -0.1) is 0 Å². The molecule has 0 saturated carbocycles. The molecule has 0 aliphatic heterocycles.